The van der Waals surface area contributed by atoms with Gasteiger partial charge in [0.25, 0.3) is 0 Å². The van der Waals surface area contributed by atoms with E-state index in [9.17, 15) is 4.79 Å². The number of rotatable bonds is 4. The first-order chi connectivity index (χ1) is 14.7. The Kier molecular flexibility index (Phi) is 4.74. The SMILES string of the molecule is Cc1cccc(C2(C(=O)N3CCN(c4ccnc(-c5ccccc5)n4)CC3)CC2)c1. The zero-order valence-corrected chi connectivity index (χ0v) is 17.3. The van der Waals surface area contributed by atoms with E-state index in [1.807, 2.05) is 47.5 Å². The van der Waals surface area contributed by atoms with Crippen molar-refractivity contribution in [2.24, 2.45) is 0 Å². The van der Waals surface area contributed by atoms with Gasteiger partial charge >= 0.3 is 0 Å². The maximum absolute atomic E-state index is 13.4. The molecule has 0 N–H and O–H groups in total. The Morgan fingerprint density at radius 3 is 2.40 bits per heavy atom. The number of hydrogen-bond acceptors (Lipinski definition) is 4. The lowest BCUT2D eigenvalue weighted by molar-refractivity contribution is -0.134. The molecular formula is C25H26N4O. The minimum atomic E-state index is -0.288. The van der Waals surface area contributed by atoms with Crippen LogP contribution in [-0.4, -0.2) is 47.0 Å². The first-order valence-electron chi connectivity index (χ1n) is 10.7. The van der Waals surface area contributed by atoms with Crippen LogP contribution in [0.1, 0.15) is 24.0 Å². The highest BCUT2D eigenvalue weighted by Gasteiger charge is 2.53. The lowest BCUT2D eigenvalue weighted by Gasteiger charge is -2.37. The molecule has 2 aliphatic rings. The van der Waals surface area contributed by atoms with Gasteiger partial charge in [0.2, 0.25) is 5.91 Å². The summed E-state index contributed by atoms with van der Waals surface area (Å²) in [6.07, 6.45) is 3.74. The fourth-order valence-corrected chi connectivity index (χ4v) is 4.39. The van der Waals surface area contributed by atoms with Crippen molar-refractivity contribution >= 4 is 11.7 Å². The second-order valence-corrected chi connectivity index (χ2v) is 8.34. The molecule has 0 unspecified atom stereocenters. The van der Waals surface area contributed by atoms with E-state index >= 15 is 0 Å². The van der Waals surface area contributed by atoms with Gasteiger partial charge in [-0.05, 0) is 31.4 Å². The molecule has 1 saturated carbocycles. The van der Waals surface area contributed by atoms with Crippen molar-refractivity contribution < 1.29 is 4.79 Å². The summed E-state index contributed by atoms with van der Waals surface area (Å²) < 4.78 is 0. The van der Waals surface area contributed by atoms with Crippen LogP contribution >= 0.6 is 0 Å². The molecule has 30 heavy (non-hydrogen) atoms. The Morgan fingerprint density at radius 1 is 0.933 bits per heavy atom. The number of anilines is 1. The molecule has 1 saturated heterocycles. The normalized spacial score (nSPS) is 17.6. The fraction of sp³-hybridized carbons (Fsp3) is 0.320. The first kappa shape index (κ1) is 18.8. The number of carbonyl (C=O) groups is 1. The van der Waals surface area contributed by atoms with Crippen LogP contribution in [0.4, 0.5) is 5.82 Å². The molecule has 5 heteroatoms. The summed E-state index contributed by atoms with van der Waals surface area (Å²) >= 11 is 0. The van der Waals surface area contributed by atoms with Crippen LogP contribution in [-0.2, 0) is 10.2 Å². The summed E-state index contributed by atoms with van der Waals surface area (Å²) in [7, 11) is 0. The number of aryl methyl sites for hydroxylation is 1. The molecule has 1 aliphatic carbocycles. The quantitative estimate of drug-likeness (QED) is 0.670. The average molecular weight is 399 g/mol. The highest BCUT2D eigenvalue weighted by atomic mass is 16.2. The lowest BCUT2D eigenvalue weighted by Crippen LogP contribution is -2.51. The molecular weight excluding hydrogens is 372 g/mol. The number of nitrogens with zero attached hydrogens (tertiary/aromatic N) is 4. The second kappa shape index (κ2) is 7.56. The molecule has 1 aliphatic heterocycles. The van der Waals surface area contributed by atoms with Crippen LogP contribution in [0, 0.1) is 6.92 Å². The second-order valence-electron chi connectivity index (χ2n) is 8.34. The standard InChI is InChI=1S/C25H26N4O/c1-19-6-5-9-21(18-19)25(11-12-25)24(30)29-16-14-28(15-17-29)22-10-13-26-23(27-22)20-7-3-2-4-8-20/h2-10,13,18H,11-12,14-17H2,1H3. The molecule has 0 radical (unpaired) electrons. The van der Waals surface area contributed by atoms with E-state index in [1.165, 1.54) is 11.1 Å². The monoisotopic (exact) mass is 398 g/mol. The van der Waals surface area contributed by atoms with Gasteiger partial charge in [0, 0.05) is 37.9 Å². The topological polar surface area (TPSA) is 49.3 Å². The molecule has 2 heterocycles. The molecule has 152 valence electrons. The minimum absolute atomic E-state index is 0.288. The van der Waals surface area contributed by atoms with Crippen molar-refractivity contribution in [2.45, 2.75) is 25.2 Å². The summed E-state index contributed by atoms with van der Waals surface area (Å²) in [4.78, 5) is 26.9. The van der Waals surface area contributed by atoms with Crippen LogP contribution in [0.3, 0.4) is 0 Å². The minimum Gasteiger partial charge on any atom is -0.353 e. The largest absolute Gasteiger partial charge is 0.353 e. The summed E-state index contributed by atoms with van der Waals surface area (Å²) in [5, 5.41) is 0. The predicted octanol–water partition coefficient (Wildman–Crippen LogP) is 3.83. The molecule has 0 atom stereocenters. The van der Waals surface area contributed by atoms with Crippen LogP contribution in [0.15, 0.2) is 66.9 Å². The van der Waals surface area contributed by atoms with Gasteiger partial charge in [-0.15, -0.1) is 0 Å². The predicted molar refractivity (Wildman–Crippen MR) is 118 cm³/mol. The summed E-state index contributed by atoms with van der Waals surface area (Å²) in [5.74, 6) is 1.96. The van der Waals surface area contributed by atoms with Gasteiger partial charge in [-0.1, -0.05) is 60.2 Å². The molecule has 2 aromatic carbocycles. The van der Waals surface area contributed by atoms with E-state index in [0.717, 1.165) is 56.2 Å². The third-order valence-electron chi connectivity index (χ3n) is 6.29. The van der Waals surface area contributed by atoms with E-state index in [-0.39, 0.29) is 5.41 Å². The van der Waals surface area contributed by atoms with Gasteiger partial charge in [0.1, 0.15) is 5.82 Å². The number of benzene rings is 2. The van der Waals surface area contributed by atoms with E-state index in [2.05, 4.69) is 41.1 Å². The highest BCUT2D eigenvalue weighted by Crippen LogP contribution is 2.49. The van der Waals surface area contributed by atoms with E-state index in [1.54, 1.807) is 0 Å². The zero-order chi connectivity index (χ0) is 20.6. The summed E-state index contributed by atoms with van der Waals surface area (Å²) in [6, 6.07) is 20.4. The van der Waals surface area contributed by atoms with Crippen molar-refractivity contribution in [3.8, 4) is 11.4 Å². The van der Waals surface area contributed by atoms with Gasteiger partial charge in [0.15, 0.2) is 5.82 Å². The number of aromatic nitrogens is 2. The Hall–Kier alpha value is -3.21. The molecule has 3 aromatic rings. The van der Waals surface area contributed by atoms with E-state index in [0.29, 0.717) is 5.91 Å². The van der Waals surface area contributed by atoms with E-state index in [4.69, 9.17) is 4.98 Å². The molecule has 1 amide bonds. The van der Waals surface area contributed by atoms with Crippen molar-refractivity contribution in [1.29, 1.82) is 0 Å². The van der Waals surface area contributed by atoms with Crippen molar-refractivity contribution in [3.63, 3.8) is 0 Å². The zero-order valence-electron chi connectivity index (χ0n) is 17.3. The van der Waals surface area contributed by atoms with Crippen molar-refractivity contribution in [2.75, 3.05) is 31.1 Å². The molecule has 0 bridgehead atoms. The maximum atomic E-state index is 13.4. The maximum Gasteiger partial charge on any atom is 0.233 e. The number of piperazine rings is 1. The number of hydrogen-bond donors (Lipinski definition) is 0. The number of amides is 1. The number of carbonyl (C=O) groups excluding carboxylic acids is 1. The van der Waals surface area contributed by atoms with Gasteiger partial charge in [-0.2, -0.15) is 0 Å². The van der Waals surface area contributed by atoms with Crippen molar-refractivity contribution in [3.05, 3.63) is 78.0 Å². The average Bonchev–Trinajstić information content (AvgIpc) is 3.62. The third kappa shape index (κ3) is 3.45. The Labute approximate surface area is 177 Å². The molecule has 5 nitrogen and oxygen atoms in total. The van der Waals surface area contributed by atoms with Gasteiger partial charge in [-0.3, -0.25) is 4.79 Å². The summed E-state index contributed by atoms with van der Waals surface area (Å²) in [5.41, 5.74) is 3.12. The van der Waals surface area contributed by atoms with Crippen LogP contribution < -0.4 is 4.90 Å². The Morgan fingerprint density at radius 2 is 1.70 bits per heavy atom. The smallest absolute Gasteiger partial charge is 0.233 e. The van der Waals surface area contributed by atoms with Crippen molar-refractivity contribution in [1.82, 2.24) is 14.9 Å². The van der Waals surface area contributed by atoms with Gasteiger partial charge in [0.05, 0.1) is 5.41 Å². The molecule has 5 rings (SSSR count). The fourth-order valence-electron chi connectivity index (χ4n) is 4.39. The van der Waals surface area contributed by atoms with Crippen LogP contribution in [0.2, 0.25) is 0 Å². The van der Waals surface area contributed by atoms with Gasteiger partial charge in [-0.25, -0.2) is 9.97 Å². The Bertz CT molecular complexity index is 1050. The van der Waals surface area contributed by atoms with Crippen LogP contribution in [0.5, 0.6) is 0 Å². The summed E-state index contributed by atoms with van der Waals surface area (Å²) in [6.45, 7) is 5.14. The molecule has 1 aromatic heterocycles. The van der Waals surface area contributed by atoms with Crippen LogP contribution in [0.25, 0.3) is 11.4 Å². The highest BCUT2D eigenvalue weighted by molar-refractivity contribution is 5.91. The first-order valence-corrected chi connectivity index (χ1v) is 10.7. The third-order valence-corrected chi connectivity index (χ3v) is 6.29. The molecule has 0 spiro atoms. The molecule has 2 fully saturated rings. The van der Waals surface area contributed by atoms with Gasteiger partial charge < -0.3 is 9.80 Å². The lowest BCUT2D eigenvalue weighted by atomic mass is 9.92. The van der Waals surface area contributed by atoms with E-state index < -0.39 is 0 Å². The Balaban J connectivity index is 1.28.